The molecule has 0 aliphatic carbocycles. The van der Waals surface area contributed by atoms with Gasteiger partial charge in [-0.15, -0.1) is 0 Å². The largest absolute Gasteiger partial charge is 0.458 e. The molecule has 0 atom stereocenters. The molecule has 70 valence electrons. The number of hydrogen-bond donors (Lipinski definition) is 0. The Morgan fingerprint density at radius 1 is 1.00 bits per heavy atom. The molecule has 12 heavy (non-hydrogen) atoms. The molecule has 0 radical (unpaired) electrons. The lowest BCUT2D eigenvalue weighted by Gasteiger charge is -2.01. The molecule has 0 unspecified atom stereocenters. The minimum atomic E-state index is -0.0862. The molecule has 0 aromatic rings. The Morgan fingerprint density at radius 3 is 2.50 bits per heavy atom. The molecule has 0 N–H and O–H groups in total. The Hall–Kier alpha value is -0.180. The molecule has 0 aromatic heterocycles. The highest BCUT2D eigenvalue weighted by molar-refractivity contribution is 8.13. The lowest BCUT2D eigenvalue weighted by Crippen LogP contribution is -1.99. The molecule has 1 fully saturated rings. The third-order valence-electron chi connectivity index (χ3n) is 1.98. The van der Waals surface area contributed by atoms with Crippen molar-refractivity contribution in [2.75, 3.05) is 12.4 Å². The van der Waals surface area contributed by atoms with Crippen molar-refractivity contribution in [1.29, 1.82) is 0 Å². The highest BCUT2D eigenvalue weighted by Crippen LogP contribution is 2.14. The molecule has 1 saturated heterocycles. The molecule has 1 aliphatic rings. The molecule has 2 nitrogen and oxygen atoms in total. The Morgan fingerprint density at radius 2 is 1.67 bits per heavy atom. The van der Waals surface area contributed by atoms with E-state index in [9.17, 15) is 4.79 Å². The quantitative estimate of drug-likeness (QED) is 0.546. The molecule has 1 rings (SSSR count). The van der Waals surface area contributed by atoms with E-state index in [2.05, 4.69) is 0 Å². The van der Waals surface area contributed by atoms with E-state index in [4.69, 9.17) is 4.74 Å². The van der Waals surface area contributed by atoms with E-state index in [1.54, 1.807) is 0 Å². The summed E-state index contributed by atoms with van der Waals surface area (Å²) in [6, 6.07) is 0. The summed E-state index contributed by atoms with van der Waals surface area (Å²) < 4.78 is 5.00. The highest BCUT2D eigenvalue weighted by atomic mass is 32.2. The number of hydrogen-bond acceptors (Lipinski definition) is 3. The van der Waals surface area contributed by atoms with Crippen molar-refractivity contribution in [3.05, 3.63) is 0 Å². The average molecular weight is 188 g/mol. The van der Waals surface area contributed by atoms with Crippen LogP contribution in [-0.4, -0.2) is 17.7 Å². The first-order valence-corrected chi connectivity index (χ1v) is 5.68. The minimum Gasteiger partial charge on any atom is -0.458 e. The van der Waals surface area contributed by atoms with Crippen LogP contribution in [-0.2, 0) is 4.74 Å². The Bertz CT molecular complexity index is 122. The predicted octanol–water partition coefficient (Wildman–Crippen LogP) is 3.21. The van der Waals surface area contributed by atoms with Gasteiger partial charge >= 0.3 is 5.30 Å². The van der Waals surface area contributed by atoms with E-state index in [0.717, 1.165) is 18.6 Å². The van der Waals surface area contributed by atoms with Crippen molar-refractivity contribution >= 4 is 17.1 Å². The Kier molecular flexibility index (Phi) is 5.24. The zero-order chi connectivity index (χ0) is 8.65. The third kappa shape index (κ3) is 4.65. The van der Waals surface area contributed by atoms with E-state index in [0.29, 0.717) is 6.61 Å². The van der Waals surface area contributed by atoms with Gasteiger partial charge in [0.2, 0.25) is 0 Å². The normalized spacial score (nSPS) is 22.5. The summed E-state index contributed by atoms with van der Waals surface area (Å²) in [5.41, 5.74) is 0. The number of carbonyl (C=O) groups is 1. The smallest absolute Gasteiger partial charge is 0.367 e. The van der Waals surface area contributed by atoms with Gasteiger partial charge in [-0.3, -0.25) is 0 Å². The highest BCUT2D eigenvalue weighted by Gasteiger charge is 2.04. The summed E-state index contributed by atoms with van der Waals surface area (Å²) in [6.07, 6.45) is 7.27. The maximum absolute atomic E-state index is 11.0. The van der Waals surface area contributed by atoms with Crippen molar-refractivity contribution in [3.8, 4) is 0 Å². The summed E-state index contributed by atoms with van der Waals surface area (Å²) in [5.74, 6) is 0.929. The topological polar surface area (TPSA) is 26.3 Å². The van der Waals surface area contributed by atoms with Gasteiger partial charge in [-0.2, -0.15) is 0 Å². The van der Waals surface area contributed by atoms with Crippen LogP contribution in [0.1, 0.15) is 38.5 Å². The van der Waals surface area contributed by atoms with Crippen LogP contribution in [0.5, 0.6) is 0 Å². The van der Waals surface area contributed by atoms with E-state index in [1.165, 1.54) is 37.4 Å². The fraction of sp³-hybridized carbons (Fsp3) is 0.889. The second kappa shape index (κ2) is 6.35. The van der Waals surface area contributed by atoms with E-state index in [1.807, 2.05) is 0 Å². The molecular formula is C9H16O2S. The number of cyclic esters (lactones) is 1. The van der Waals surface area contributed by atoms with Crippen LogP contribution in [0.25, 0.3) is 0 Å². The molecular weight excluding hydrogens is 172 g/mol. The second-order valence-corrected chi connectivity index (χ2v) is 4.10. The lowest BCUT2D eigenvalue weighted by molar-refractivity contribution is 0.172. The van der Waals surface area contributed by atoms with Gasteiger partial charge in [0.15, 0.2) is 0 Å². The monoisotopic (exact) mass is 188 g/mol. The third-order valence-corrected chi connectivity index (χ3v) is 2.82. The van der Waals surface area contributed by atoms with Gasteiger partial charge in [0, 0.05) is 5.75 Å². The van der Waals surface area contributed by atoms with Gasteiger partial charge in [0.05, 0.1) is 6.61 Å². The van der Waals surface area contributed by atoms with Gasteiger partial charge in [-0.1, -0.05) is 25.7 Å². The maximum atomic E-state index is 11.0. The fourth-order valence-corrected chi connectivity index (χ4v) is 1.95. The molecule has 1 aliphatic heterocycles. The van der Waals surface area contributed by atoms with Gasteiger partial charge in [0.1, 0.15) is 0 Å². The van der Waals surface area contributed by atoms with Crippen molar-refractivity contribution in [2.24, 2.45) is 0 Å². The van der Waals surface area contributed by atoms with Crippen molar-refractivity contribution in [1.82, 2.24) is 0 Å². The lowest BCUT2D eigenvalue weighted by atomic mass is 10.1. The van der Waals surface area contributed by atoms with Crippen LogP contribution in [0, 0.1) is 0 Å². The van der Waals surface area contributed by atoms with Crippen molar-refractivity contribution in [3.63, 3.8) is 0 Å². The molecule has 0 bridgehead atoms. The van der Waals surface area contributed by atoms with Crippen molar-refractivity contribution in [2.45, 2.75) is 38.5 Å². The number of ether oxygens (including phenoxy) is 1. The summed E-state index contributed by atoms with van der Waals surface area (Å²) in [5, 5.41) is -0.0862. The van der Waals surface area contributed by atoms with E-state index < -0.39 is 0 Å². The first-order valence-electron chi connectivity index (χ1n) is 4.69. The van der Waals surface area contributed by atoms with Crippen LogP contribution in [0.15, 0.2) is 0 Å². The maximum Gasteiger partial charge on any atom is 0.367 e. The first-order chi connectivity index (χ1) is 5.89. The second-order valence-electron chi connectivity index (χ2n) is 3.07. The standard InChI is InChI=1S/C9H16O2S/c10-9-11-7-5-3-1-2-4-6-8-12-9/h1-8H2. The summed E-state index contributed by atoms with van der Waals surface area (Å²) >= 11 is 1.32. The molecule has 0 amide bonds. The van der Waals surface area contributed by atoms with Gasteiger partial charge in [-0.25, -0.2) is 4.79 Å². The summed E-state index contributed by atoms with van der Waals surface area (Å²) in [7, 11) is 0. The van der Waals surface area contributed by atoms with Crippen molar-refractivity contribution < 1.29 is 9.53 Å². The average Bonchev–Trinajstić information content (AvgIpc) is 2.11. The zero-order valence-electron chi connectivity index (χ0n) is 7.38. The fourth-order valence-electron chi connectivity index (χ4n) is 1.26. The Labute approximate surface area is 78.1 Å². The predicted molar refractivity (Wildman–Crippen MR) is 51.5 cm³/mol. The van der Waals surface area contributed by atoms with Crippen LogP contribution in [0.3, 0.4) is 0 Å². The molecule has 0 aromatic carbocycles. The van der Waals surface area contributed by atoms with Gasteiger partial charge in [0.25, 0.3) is 0 Å². The first kappa shape index (κ1) is 9.90. The SMILES string of the molecule is O=C1OCCCCCCCCS1. The summed E-state index contributed by atoms with van der Waals surface area (Å²) in [6.45, 7) is 0.617. The minimum absolute atomic E-state index is 0.0862. The van der Waals surface area contributed by atoms with Gasteiger partial charge in [-0.05, 0) is 24.6 Å². The van der Waals surface area contributed by atoms with E-state index >= 15 is 0 Å². The number of thioether (sulfide) groups is 1. The van der Waals surface area contributed by atoms with Crippen LogP contribution in [0.4, 0.5) is 4.79 Å². The summed E-state index contributed by atoms with van der Waals surface area (Å²) in [4.78, 5) is 11.0. The molecule has 1 heterocycles. The van der Waals surface area contributed by atoms with Crippen LogP contribution >= 0.6 is 11.8 Å². The van der Waals surface area contributed by atoms with Crippen LogP contribution in [0.2, 0.25) is 0 Å². The molecule has 0 spiro atoms. The zero-order valence-corrected chi connectivity index (χ0v) is 8.20. The Balaban J connectivity index is 2.17. The molecule has 3 heteroatoms. The number of carbonyl (C=O) groups excluding carboxylic acids is 1. The number of rotatable bonds is 0. The van der Waals surface area contributed by atoms with Crippen LogP contribution < -0.4 is 0 Å². The molecule has 0 saturated carbocycles. The van der Waals surface area contributed by atoms with Gasteiger partial charge < -0.3 is 4.74 Å². The van der Waals surface area contributed by atoms with E-state index in [-0.39, 0.29) is 5.30 Å².